The Kier molecular flexibility index (Phi) is 11.5. The number of allylic oxidation sites excluding steroid dienone is 8. The molecule has 2 aromatic carbocycles. The van der Waals surface area contributed by atoms with Crippen molar-refractivity contribution < 1.29 is 4.74 Å². The maximum Gasteiger partial charge on any atom is 0.172 e. The summed E-state index contributed by atoms with van der Waals surface area (Å²) in [6, 6.07) is 23.0. The highest BCUT2D eigenvalue weighted by Gasteiger charge is 2.43. The van der Waals surface area contributed by atoms with Gasteiger partial charge in [0.1, 0.15) is 23.8 Å². The van der Waals surface area contributed by atoms with Gasteiger partial charge < -0.3 is 9.64 Å². The monoisotopic (exact) mass is 622 g/mol. The van der Waals surface area contributed by atoms with Crippen molar-refractivity contribution in [2.45, 2.75) is 79.2 Å². The molecular weight excluding hydrogens is 576 g/mol. The number of unbranched alkanes of at least 4 members (excludes halogenated alkanes) is 1. The molecule has 0 aromatic heterocycles. The van der Waals surface area contributed by atoms with Gasteiger partial charge in [0.25, 0.3) is 0 Å². The number of anilines is 1. The van der Waals surface area contributed by atoms with Crippen LogP contribution in [-0.2, 0) is 16.8 Å². The molecule has 0 saturated carbocycles. The summed E-state index contributed by atoms with van der Waals surface area (Å²) in [6.45, 7) is 15.0. The highest BCUT2D eigenvalue weighted by molar-refractivity contribution is 5.63. The minimum Gasteiger partial charge on any atom is -0.474 e. The summed E-state index contributed by atoms with van der Waals surface area (Å²) in [5.74, 6) is 0.0404. The van der Waals surface area contributed by atoms with Crippen LogP contribution < -0.4 is 4.90 Å². The number of nitriles is 3. The van der Waals surface area contributed by atoms with Gasteiger partial charge in [-0.2, -0.15) is 15.8 Å². The van der Waals surface area contributed by atoms with Crippen LogP contribution in [0, 0.1) is 39.4 Å². The Hall–Kier alpha value is -5.05. The Labute approximate surface area is 281 Å². The zero-order valence-electron chi connectivity index (χ0n) is 28.7. The molecule has 1 aliphatic carbocycles. The van der Waals surface area contributed by atoms with E-state index in [-0.39, 0.29) is 22.3 Å². The van der Waals surface area contributed by atoms with Gasteiger partial charge in [0.2, 0.25) is 0 Å². The van der Waals surface area contributed by atoms with Crippen LogP contribution >= 0.6 is 0 Å². The van der Waals surface area contributed by atoms with Crippen molar-refractivity contribution in [3.8, 4) is 18.2 Å². The van der Waals surface area contributed by atoms with Crippen LogP contribution in [-0.4, -0.2) is 13.1 Å². The smallest absolute Gasteiger partial charge is 0.172 e. The fraction of sp³-hybridized carbons (Fsp3) is 0.357. The zero-order valence-corrected chi connectivity index (χ0v) is 28.7. The summed E-state index contributed by atoms with van der Waals surface area (Å²) in [4.78, 5) is 2.34. The fourth-order valence-corrected chi connectivity index (χ4v) is 6.49. The Bertz CT molecular complexity index is 1740. The first-order valence-corrected chi connectivity index (χ1v) is 16.7. The molecule has 5 heteroatoms. The van der Waals surface area contributed by atoms with Gasteiger partial charge in [-0.3, -0.25) is 0 Å². The number of aryl methyl sites for hydroxylation is 1. The van der Waals surface area contributed by atoms with E-state index in [0.717, 1.165) is 50.8 Å². The molecular formula is C42H46N4O. The van der Waals surface area contributed by atoms with Gasteiger partial charge in [-0.15, -0.1) is 0 Å². The molecule has 2 aliphatic rings. The van der Waals surface area contributed by atoms with Gasteiger partial charge in [0.15, 0.2) is 16.9 Å². The van der Waals surface area contributed by atoms with Crippen molar-refractivity contribution in [3.63, 3.8) is 0 Å². The molecule has 1 unspecified atom stereocenters. The Morgan fingerprint density at radius 2 is 1.55 bits per heavy atom. The second-order valence-electron chi connectivity index (χ2n) is 13.2. The SMILES string of the molecule is CCCCc1ccc(C2(C)OC(=C(C#N)C#N)C(C#N)=C2/C=C/C=C2C=C(/C=C/c3ccc(N(CC)CC)cc3)CC(C)(C)C/2)cc1. The third-order valence-corrected chi connectivity index (χ3v) is 9.02. The van der Waals surface area contributed by atoms with E-state index < -0.39 is 5.60 Å². The minimum atomic E-state index is -1.03. The van der Waals surface area contributed by atoms with E-state index in [4.69, 9.17) is 4.74 Å². The summed E-state index contributed by atoms with van der Waals surface area (Å²) in [5.41, 5.74) is 6.66. The van der Waals surface area contributed by atoms with Gasteiger partial charge in [-0.1, -0.05) is 100 Å². The second kappa shape index (κ2) is 15.5. The third-order valence-electron chi connectivity index (χ3n) is 9.02. The van der Waals surface area contributed by atoms with E-state index in [1.165, 1.54) is 28.0 Å². The normalized spacial score (nSPS) is 19.8. The van der Waals surface area contributed by atoms with E-state index in [1.54, 1.807) is 0 Å². The molecule has 1 heterocycles. The lowest BCUT2D eigenvalue weighted by atomic mass is 9.75. The molecule has 4 rings (SSSR count). The molecule has 0 fully saturated rings. The number of benzene rings is 2. The Balaban J connectivity index is 1.67. The van der Waals surface area contributed by atoms with E-state index >= 15 is 0 Å². The standard InChI is InChI=1S/C42H46N4O/c1-7-10-12-31-17-21-36(22-18-31)42(6)39(38(30-45)40(47-42)35(28-43)29-44)14-11-13-33-25-34(27-41(4,5)26-33)16-15-32-19-23-37(24-20-32)46(8-2)9-3/h11,13-25H,7-10,12,26-27H2,1-6H3/b14-11+,16-15+,33-13-. The molecule has 0 bridgehead atoms. The number of nitrogens with zero attached hydrogens (tertiary/aromatic N) is 4. The lowest BCUT2D eigenvalue weighted by molar-refractivity contribution is 0.0755. The molecule has 0 spiro atoms. The van der Waals surface area contributed by atoms with Crippen LogP contribution in [0.15, 0.2) is 113 Å². The molecule has 1 atom stereocenters. The van der Waals surface area contributed by atoms with Gasteiger partial charge >= 0.3 is 0 Å². The first kappa shape index (κ1) is 34.8. The molecule has 0 radical (unpaired) electrons. The third kappa shape index (κ3) is 8.22. The van der Waals surface area contributed by atoms with E-state index in [9.17, 15) is 15.8 Å². The molecule has 0 amide bonds. The lowest BCUT2D eigenvalue weighted by Gasteiger charge is -2.30. The van der Waals surface area contributed by atoms with E-state index in [1.807, 2.05) is 43.3 Å². The van der Waals surface area contributed by atoms with Crippen LogP contribution in [0.2, 0.25) is 0 Å². The number of rotatable bonds is 11. The molecule has 47 heavy (non-hydrogen) atoms. The Morgan fingerprint density at radius 3 is 2.15 bits per heavy atom. The van der Waals surface area contributed by atoms with Gasteiger partial charge in [0.05, 0.1) is 0 Å². The lowest BCUT2D eigenvalue weighted by Crippen LogP contribution is -2.23. The topological polar surface area (TPSA) is 83.8 Å². The highest BCUT2D eigenvalue weighted by atomic mass is 16.5. The van der Waals surface area contributed by atoms with Crippen LogP contribution in [0.5, 0.6) is 0 Å². The second-order valence-corrected chi connectivity index (χ2v) is 13.2. The maximum atomic E-state index is 10.2. The first-order valence-electron chi connectivity index (χ1n) is 16.7. The van der Waals surface area contributed by atoms with E-state index in [0.29, 0.717) is 5.57 Å². The largest absolute Gasteiger partial charge is 0.474 e. The quantitative estimate of drug-likeness (QED) is 0.233. The van der Waals surface area contributed by atoms with Crippen molar-refractivity contribution >= 4 is 11.8 Å². The van der Waals surface area contributed by atoms with Crippen molar-refractivity contribution in [1.82, 2.24) is 0 Å². The molecule has 2 aromatic rings. The van der Waals surface area contributed by atoms with Crippen LogP contribution in [0.25, 0.3) is 6.08 Å². The molecule has 240 valence electrons. The van der Waals surface area contributed by atoms with Gasteiger partial charge in [-0.25, -0.2) is 0 Å². The fourth-order valence-electron chi connectivity index (χ4n) is 6.49. The van der Waals surface area contributed by atoms with Crippen molar-refractivity contribution in [1.29, 1.82) is 15.8 Å². The van der Waals surface area contributed by atoms with Gasteiger partial charge in [0, 0.05) is 24.4 Å². The van der Waals surface area contributed by atoms with Crippen LogP contribution in [0.3, 0.4) is 0 Å². The summed E-state index contributed by atoms with van der Waals surface area (Å²) >= 11 is 0. The number of hydrogen-bond acceptors (Lipinski definition) is 5. The molecule has 5 nitrogen and oxygen atoms in total. The molecule has 0 N–H and O–H groups in total. The van der Waals surface area contributed by atoms with Crippen LogP contribution in [0.4, 0.5) is 5.69 Å². The highest BCUT2D eigenvalue weighted by Crippen LogP contribution is 2.47. The molecule has 0 saturated heterocycles. The first-order chi connectivity index (χ1) is 22.6. The van der Waals surface area contributed by atoms with Crippen LogP contribution in [0.1, 0.15) is 83.9 Å². The predicted molar refractivity (Wildman–Crippen MR) is 192 cm³/mol. The summed E-state index contributed by atoms with van der Waals surface area (Å²) in [6.07, 6.45) is 17.7. The van der Waals surface area contributed by atoms with E-state index in [2.05, 4.69) is 106 Å². The molecule has 1 aliphatic heterocycles. The average molecular weight is 623 g/mol. The van der Waals surface area contributed by atoms with Crippen molar-refractivity contribution in [3.05, 3.63) is 129 Å². The summed E-state index contributed by atoms with van der Waals surface area (Å²) < 4.78 is 6.36. The maximum absolute atomic E-state index is 10.2. The zero-order chi connectivity index (χ0) is 34.0. The number of hydrogen-bond donors (Lipinski definition) is 0. The van der Waals surface area contributed by atoms with Crippen molar-refractivity contribution in [2.75, 3.05) is 18.0 Å². The average Bonchev–Trinajstić information content (AvgIpc) is 3.35. The van der Waals surface area contributed by atoms with Crippen molar-refractivity contribution in [2.24, 2.45) is 5.41 Å². The predicted octanol–water partition coefficient (Wildman–Crippen LogP) is 10.2. The Morgan fingerprint density at radius 1 is 0.872 bits per heavy atom. The number of ether oxygens (including phenoxy) is 1. The van der Waals surface area contributed by atoms with Gasteiger partial charge in [-0.05, 0) is 91.8 Å². The summed E-state index contributed by atoms with van der Waals surface area (Å²) in [5, 5.41) is 29.5. The minimum absolute atomic E-state index is 0.0404. The summed E-state index contributed by atoms with van der Waals surface area (Å²) in [7, 11) is 0.